The zero-order chi connectivity index (χ0) is 14.0. The summed E-state index contributed by atoms with van der Waals surface area (Å²) in [5.41, 5.74) is 1.47. The van der Waals surface area contributed by atoms with Crippen LogP contribution in [-0.2, 0) is 4.74 Å². The van der Waals surface area contributed by atoms with Crippen molar-refractivity contribution in [3.63, 3.8) is 0 Å². The molecule has 1 saturated carbocycles. The lowest BCUT2D eigenvalue weighted by Gasteiger charge is -2.52. The van der Waals surface area contributed by atoms with Gasteiger partial charge in [0.05, 0.1) is 6.10 Å². The summed E-state index contributed by atoms with van der Waals surface area (Å²) in [7, 11) is 1.80. The van der Waals surface area contributed by atoms with Gasteiger partial charge in [-0.15, -0.1) is 0 Å². The van der Waals surface area contributed by atoms with Gasteiger partial charge in [-0.3, -0.25) is 0 Å². The monoisotopic (exact) mass is 281 g/mol. The van der Waals surface area contributed by atoms with Gasteiger partial charge in [-0.25, -0.2) is 0 Å². The second-order valence-electron chi connectivity index (χ2n) is 6.02. The SMILES string of the molecule is CCC(NC1CC(OC)C1(C)C)c1cccc(Cl)c1. The average molecular weight is 282 g/mol. The highest BCUT2D eigenvalue weighted by atomic mass is 35.5. The Bertz CT molecular complexity index is 433. The molecule has 19 heavy (non-hydrogen) atoms. The third-order valence-corrected chi connectivity index (χ3v) is 4.76. The highest BCUT2D eigenvalue weighted by molar-refractivity contribution is 6.30. The molecule has 0 heterocycles. The predicted octanol–water partition coefficient (Wildman–Crippen LogP) is 4.19. The minimum absolute atomic E-state index is 0.195. The minimum Gasteiger partial charge on any atom is -0.381 e. The Morgan fingerprint density at radius 2 is 2.21 bits per heavy atom. The van der Waals surface area contributed by atoms with E-state index in [1.165, 1.54) is 5.56 Å². The molecule has 1 fully saturated rings. The highest BCUT2D eigenvalue weighted by Crippen LogP contribution is 2.43. The summed E-state index contributed by atoms with van der Waals surface area (Å²) >= 11 is 6.08. The summed E-state index contributed by atoms with van der Waals surface area (Å²) in [5, 5.41) is 4.57. The van der Waals surface area contributed by atoms with Crippen molar-refractivity contribution in [2.75, 3.05) is 7.11 Å². The van der Waals surface area contributed by atoms with E-state index >= 15 is 0 Å². The Kier molecular flexibility index (Phi) is 4.54. The van der Waals surface area contributed by atoms with E-state index in [0.717, 1.165) is 17.9 Å². The lowest BCUT2D eigenvalue weighted by Crippen LogP contribution is -2.61. The van der Waals surface area contributed by atoms with Crippen LogP contribution >= 0.6 is 11.6 Å². The molecule has 0 amide bonds. The van der Waals surface area contributed by atoms with Crippen LogP contribution in [0.1, 0.15) is 45.2 Å². The number of hydrogen-bond acceptors (Lipinski definition) is 2. The van der Waals surface area contributed by atoms with Gasteiger partial charge >= 0.3 is 0 Å². The summed E-state index contributed by atoms with van der Waals surface area (Å²) in [6.07, 6.45) is 2.51. The first kappa shape index (κ1) is 14.8. The van der Waals surface area contributed by atoms with E-state index in [9.17, 15) is 0 Å². The number of methoxy groups -OCH3 is 1. The van der Waals surface area contributed by atoms with Crippen molar-refractivity contribution in [3.8, 4) is 0 Å². The Labute approximate surface area is 121 Å². The van der Waals surface area contributed by atoms with E-state index in [0.29, 0.717) is 18.2 Å². The van der Waals surface area contributed by atoms with E-state index in [1.54, 1.807) is 7.11 Å². The standard InChI is InChI=1S/C16H24ClNO/c1-5-13(11-7-6-8-12(17)9-11)18-14-10-15(19-4)16(14,2)3/h6-9,13-15,18H,5,10H2,1-4H3. The molecule has 0 aliphatic heterocycles. The van der Waals surface area contributed by atoms with Crippen LogP contribution in [0.2, 0.25) is 5.02 Å². The molecule has 0 aromatic heterocycles. The maximum absolute atomic E-state index is 6.08. The second-order valence-corrected chi connectivity index (χ2v) is 6.45. The smallest absolute Gasteiger partial charge is 0.0652 e. The van der Waals surface area contributed by atoms with Gasteiger partial charge in [0.1, 0.15) is 0 Å². The molecule has 3 heteroatoms. The molecule has 1 aliphatic rings. The number of hydrogen-bond donors (Lipinski definition) is 1. The first-order chi connectivity index (χ1) is 8.98. The van der Waals surface area contributed by atoms with E-state index in [1.807, 2.05) is 12.1 Å². The fourth-order valence-corrected chi connectivity index (χ4v) is 3.18. The second kappa shape index (κ2) is 5.82. The number of ether oxygens (including phenoxy) is 1. The summed E-state index contributed by atoms with van der Waals surface area (Å²) in [5.74, 6) is 0. The van der Waals surface area contributed by atoms with Gasteiger partial charge < -0.3 is 10.1 Å². The van der Waals surface area contributed by atoms with Crippen molar-refractivity contribution in [1.29, 1.82) is 0 Å². The lowest BCUT2D eigenvalue weighted by molar-refractivity contribution is -0.100. The van der Waals surface area contributed by atoms with E-state index < -0.39 is 0 Å². The van der Waals surface area contributed by atoms with Crippen molar-refractivity contribution in [3.05, 3.63) is 34.9 Å². The number of benzene rings is 1. The Hall–Kier alpha value is -0.570. The van der Waals surface area contributed by atoms with Crippen LogP contribution in [-0.4, -0.2) is 19.3 Å². The molecule has 0 spiro atoms. The summed E-state index contributed by atoms with van der Waals surface area (Å²) in [6.45, 7) is 6.75. The predicted molar refractivity (Wildman–Crippen MR) is 80.6 cm³/mol. The fraction of sp³-hybridized carbons (Fsp3) is 0.625. The van der Waals surface area contributed by atoms with Crippen LogP contribution in [0.5, 0.6) is 0 Å². The largest absolute Gasteiger partial charge is 0.381 e. The molecule has 2 rings (SSSR count). The van der Waals surface area contributed by atoms with Crippen LogP contribution in [0.4, 0.5) is 0 Å². The van der Waals surface area contributed by atoms with Crippen LogP contribution < -0.4 is 5.32 Å². The van der Waals surface area contributed by atoms with Gasteiger partial charge in [-0.1, -0.05) is 44.5 Å². The molecule has 1 aromatic carbocycles. The molecule has 106 valence electrons. The summed E-state index contributed by atoms with van der Waals surface area (Å²) < 4.78 is 5.51. The first-order valence-electron chi connectivity index (χ1n) is 7.03. The van der Waals surface area contributed by atoms with Gasteiger partial charge in [0, 0.05) is 29.6 Å². The van der Waals surface area contributed by atoms with E-state index in [-0.39, 0.29) is 5.41 Å². The first-order valence-corrected chi connectivity index (χ1v) is 7.41. The zero-order valence-corrected chi connectivity index (χ0v) is 13.0. The molecule has 0 bridgehead atoms. The van der Waals surface area contributed by atoms with E-state index in [4.69, 9.17) is 16.3 Å². The molecule has 1 aromatic rings. The molecule has 1 N–H and O–H groups in total. The normalized spacial score (nSPS) is 26.8. The number of nitrogens with one attached hydrogen (secondary N) is 1. The molecular weight excluding hydrogens is 258 g/mol. The molecule has 0 saturated heterocycles. The maximum atomic E-state index is 6.08. The van der Waals surface area contributed by atoms with Crippen molar-refractivity contribution in [2.24, 2.45) is 5.41 Å². The molecule has 3 atom stereocenters. The third-order valence-electron chi connectivity index (χ3n) is 4.52. The third kappa shape index (κ3) is 2.96. The van der Waals surface area contributed by atoms with Crippen LogP contribution in [0.25, 0.3) is 0 Å². The topological polar surface area (TPSA) is 21.3 Å². The molecule has 1 aliphatic carbocycles. The summed E-state index contributed by atoms with van der Waals surface area (Å²) in [6, 6.07) is 9.01. The van der Waals surface area contributed by atoms with Gasteiger partial charge in [0.15, 0.2) is 0 Å². The van der Waals surface area contributed by atoms with Gasteiger partial charge in [0.25, 0.3) is 0 Å². The van der Waals surface area contributed by atoms with Crippen LogP contribution in [0.15, 0.2) is 24.3 Å². The van der Waals surface area contributed by atoms with Crippen LogP contribution in [0.3, 0.4) is 0 Å². The van der Waals surface area contributed by atoms with Crippen molar-refractivity contribution in [1.82, 2.24) is 5.32 Å². The van der Waals surface area contributed by atoms with Crippen molar-refractivity contribution in [2.45, 2.75) is 51.8 Å². The Balaban J connectivity index is 2.05. The zero-order valence-electron chi connectivity index (χ0n) is 12.2. The minimum atomic E-state index is 0.195. The number of rotatable bonds is 5. The fourth-order valence-electron chi connectivity index (χ4n) is 2.98. The molecule has 0 radical (unpaired) electrons. The van der Waals surface area contributed by atoms with Crippen molar-refractivity contribution < 1.29 is 4.74 Å². The lowest BCUT2D eigenvalue weighted by atomic mass is 9.64. The summed E-state index contributed by atoms with van der Waals surface area (Å²) in [4.78, 5) is 0. The van der Waals surface area contributed by atoms with Gasteiger partial charge in [-0.2, -0.15) is 0 Å². The Morgan fingerprint density at radius 3 is 2.74 bits per heavy atom. The number of halogens is 1. The van der Waals surface area contributed by atoms with Crippen LogP contribution in [0, 0.1) is 5.41 Å². The quantitative estimate of drug-likeness (QED) is 0.874. The highest BCUT2D eigenvalue weighted by Gasteiger charge is 2.48. The maximum Gasteiger partial charge on any atom is 0.0652 e. The molecule has 2 nitrogen and oxygen atoms in total. The average Bonchev–Trinajstić information content (AvgIpc) is 2.38. The molecular formula is C16H24ClNO. The Morgan fingerprint density at radius 1 is 1.47 bits per heavy atom. The van der Waals surface area contributed by atoms with Gasteiger partial charge in [0.2, 0.25) is 0 Å². The van der Waals surface area contributed by atoms with Crippen molar-refractivity contribution >= 4 is 11.6 Å². The van der Waals surface area contributed by atoms with Gasteiger partial charge in [-0.05, 0) is 30.5 Å². The molecule has 3 unspecified atom stereocenters. The van der Waals surface area contributed by atoms with E-state index in [2.05, 4.69) is 38.2 Å².